The summed E-state index contributed by atoms with van der Waals surface area (Å²) in [6, 6.07) is 14.1. The monoisotopic (exact) mass is 440 g/mol. The summed E-state index contributed by atoms with van der Waals surface area (Å²) < 4.78 is 5.55. The summed E-state index contributed by atoms with van der Waals surface area (Å²) in [5.74, 6) is 1.50. The second-order valence-electron chi connectivity index (χ2n) is 5.27. The highest BCUT2D eigenvalue weighted by Crippen LogP contribution is 2.13. The first-order valence-corrected chi connectivity index (χ1v) is 7.77. The van der Waals surface area contributed by atoms with Gasteiger partial charge in [0.25, 0.3) is 0 Å². The largest absolute Gasteiger partial charge is 0.478 e. The molecule has 1 aromatic heterocycles. The van der Waals surface area contributed by atoms with Crippen molar-refractivity contribution in [3.8, 4) is 5.88 Å². The van der Waals surface area contributed by atoms with Crippen LogP contribution in [0.2, 0.25) is 0 Å². The van der Waals surface area contributed by atoms with Gasteiger partial charge in [0.15, 0.2) is 5.96 Å². The normalized spacial score (nSPS) is 10.7. The fourth-order valence-corrected chi connectivity index (χ4v) is 2.10. The molecule has 0 aliphatic heterocycles. The number of nitrogens with zero attached hydrogens (tertiary/aromatic N) is 3. The molecule has 0 unspecified atom stereocenters. The molecule has 0 amide bonds. The molecule has 130 valence electrons. The number of aliphatic imine (C=N–C) groups is 1. The van der Waals surface area contributed by atoms with Gasteiger partial charge in [0.2, 0.25) is 5.88 Å². The Balaban J connectivity index is 0.00000288. The molecule has 0 saturated carbocycles. The van der Waals surface area contributed by atoms with Crippen LogP contribution < -0.4 is 10.1 Å². The predicted octanol–water partition coefficient (Wildman–Crippen LogP) is 3.31. The molecule has 0 aliphatic carbocycles. The molecule has 24 heavy (non-hydrogen) atoms. The molecule has 6 heteroatoms. The van der Waals surface area contributed by atoms with Crippen molar-refractivity contribution >= 4 is 29.9 Å². The number of hydrogen-bond donors (Lipinski definition) is 1. The summed E-state index contributed by atoms with van der Waals surface area (Å²) in [5.41, 5.74) is 2.20. The lowest BCUT2D eigenvalue weighted by molar-refractivity contribution is 0.322. The molecule has 5 nitrogen and oxygen atoms in total. The highest BCUT2D eigenvalue weighted by atomic mass is 127. The van der Waals surface area contributed by atoms with Crippen LogP contribution >= 0.6 is 24.0 Å². The number of pyridine rings is 1. The molecule has 1 heterocycles. The van der Waals surface area contributed by atoms with Gasteiger partial charge in [0, 0.05) is 32.4 Å². The van der Waals surface area contributed by atoms with E-state index in [0.29, 0.717) is 25.6 Å². The Morgan fingerprint density at radius 1 is 1.17 bits per heavy atom. The summed E-state index contributed by atoms with van der Waals surface area (Å²) in [5, 5.41) is 3.36. The zero-order valence-electron chi connectivity index (χ0n) is 14.4. The number of rotatable bonds is 6. The topological polar surface area (TPSA) is 49.8 Å². The predicted molar refractivity (Wildman–Crippen MR) is 109 cm³/mol. The van der Waals surface area contributed by atoms with E-state index in [1.54, 1.807) is 6.20 Å². The summed E-state index contributed by atoms with van der Waals surface area (Å²) in [7, 11) is 3.95. The van der Waals surface area contributed by atoms with Crippen LogP contribution in [0.1, 0.15) is 18.1 Å². The summed E-state index contributed by atoms with van der Waals surface area (Å²) in [6.07, 6.45) is 1.74. The molecule has 2 rings (SSSR count). The number of guanidine groups is 1. The van der Waals surface area contributed by atoms with E-state index >= 15 is 0 Å². The zero-order valence-corrected chi connectivity index (χ0v) is 16.7. The Hall–Kier alpha value is -1.83. The molecule has 0 atom stereocenters. The third kappa shape index (κ3) is 6.35. The quantitative estimate of drug-likeness (QED) is 0.426. The number of aromatic nitrogens is 1. The van der Waals surface area contributed by atoms with Gasteiger partial charge in [-0.05, 0) is 18.6 Å². The minimum absolute atomic E-state index is 0. The number of benzene rings is 1. The van der Waals surface area contributed by atoms with E-state index in [0.717, 1.165) is 11.5 Å². The van der Waals surface area contributed by atoms with Crippen LogP contribution in [0.25, 0.3) is 0 Å². The maximum atomic E-state index is 5.55. The summed E-state index contributed by atoms with van der Waals surface area (Å²) in [6.45, 7) is 3.83. The van der Waals surface area contributed by atoms with Crippen LogP contribution in [-0.4, -0.2) is 36.5 Å². The van der Waals surface area contributed by atoms with Crippen molar-refractivity contribution in [1.82, 2.24) is 15.2 Å². The highest BCUT2D eigenvalue weighted by molar-refractivity contribution is 14.0. The van der Waals surface area contributed by atoms with Crippen LogP contribution in [0.4, 0.5) is 0 Å². The molecule has 0 bridgehead atoms. The molecule has 0 spiro atoms. The summed E-state index contributed by atoms with van der Waals surface area (Å²) >= 11 is 0. The first-order valence-electron chi connectivity index (χ1n) is 7.77. The van der Waals surface area contributed by atoms with E-state index in [9.17, 15) is 0 Å². The lowest BCUT2D eigenvalue weighted by Crippen LogP contribution is -2.36. The maximum absolute atomic E-state index is 5.55. The van der Waals surface area contributed by atoms with Crippen molar-refractivity contribution in [3.63, 3.8) is 0 Å². The van der Waals surface area contributed by atoms with Gasteiger partial charge in [-0.25, -0.2) is 9.98 Å². The van der Waals surface area contributed by atoms with Crippen LogP contribution in [0.5, 0.6) is 5.88 Å². The standard InChI is InChI=1S/C18H24N4O.HI/c1-4-23-17-16(11-8-12-19-17)14-21-18(22(2)3)20-13-15-9-6-5-7-10-15;/h5-12H,4,13-14H2,1-3H3,(H,20,21);1H. The highest BCUT2D eigenvalue weighted by Gasteiger charge is 2.07. The molecule has 1 N–H and O–H groups in total. The molecular weight excluding hydrogens is 415 g/mol. The molecule has 0 saturated heterocycles. The lowest BCUT2D eigenvalue weighted by atomic mass is 10.2. The third-order valence-corrected chi connectivity index (χ3v) is 3.25. The average molecular weight is 440 g/mol. The number of ether oxygens (including phenoxy) is 1. The van der Waals surface area contributed by atoms with Gasteiger partial charge in [-0.3, -0.25) is 0 Å². The van der Waals surface area contributed by atoms with Crippen LogP contribution in [0.15, 0.2) is 53.7 Å². The van der Waals surface area contributed by atoms with E-state index in [-0.39, 0.29) is 24.0 Å². The summed E-state index contributed by atoms with van der Waals surface area (Å²) in [4.78, 5) is 10.9. The van der Waals surface area contributed by atoms with Crippen molar-refractivity contribution in [2.24, 2.45) is 4.99 Å². The molecule has 2 aromatic rings. The molecule has 0 fully saturated rings. The Bertz CT molecular complexity index is 632. The minimum atomic E-state index is 0. The molecule has 1 aromatic carbocycles. The SMILES string of the molecule is CCOc1ncccc1CNC(=NCc1ccccc1)N(C)C.I. The van der Waals surface area contributed by atoms with Crippen molar-refractivity contribution in [3.05, 3.63) is 59.8 Å². The second kappa shape index (κ2) is 10.9. The first-order chi connectivity index (χ1) is 11.2. The van der Waals surface area contributed by atoms with Crippen molar-refractivity contribution < 1.29 is 4.74 Å². The first kappa shape index (κ1) is 20.2. The van der Waals surface area contributed by atoms with Crippen LogP contribution in [0, 0.1) is 0 Å². The van der Waals surface area contributed by atoms with Gasteiger partial charge in [-0.1, -0.05) is 36.4 Å². The molecule has 0 radical (unpaired) electrons. The molecular formula is C18H25IN4O. The van der Waals surface area contributed by atoms with Crippen LogP contribution in [-0.2, 0) is 13.1 Å². The van der Waals surface area contributed by atoms with Gasteiger partial charge in [0.1, 0.15) is 0 Å². The Labute approximate surface area is 161 Å². The van der Waals surface area contributed by atoms with Gasteiger partial charge in [0.05, 0.1) is 13.2 Å². The Morgan fingerprint density at radius 2 is 1.92 bits per heavy atom. The van der Waals surface area contributed by atoms with E-state index in [2.05, 4.69) is 27.4 Å². The Kier molecular flexibility index (Phi) is 9.14. The van der Waals surface area contributed by atoms with E-state index in [1.807, 2.05) is 56.3 Å². The Morgan fingerprint density at radius 3 is 2.58 bits per heavy atom. The van der Waals surface area contributed by atoms with E-state index < -0.39 is 0 Å². The third-order valence-electron chi connectivity index (χ3n) is 3.25. The van der Waals surface area contributed by atoms with Gasteiger partial charge >= 0.3 is 0 Å². The fourth-order valence-electron chi connectivity index (χ4n) is 2.10. The van der Waals surface area contributed by atoms with E-state index in [4.69, 9.17) is 4.74 Å². The molecule has 0 aliphatic rings. The average Bonchev–Trinajstić information content (AvgIpc) is 2.57. The zero-order chi connectivity index (χ0) is 16.5. The lowest BCUT2D eigenvalue weighted by Gasteiger charge is -2.18. The fraction of sp³-hybridized carbons (Fsp3) is 0.333. The van der Waals surface area contributed by atoms with Crippen molar-refractivity contribution in [2.45, 2.75) is 20.0 Å². The maximum Gasteiger partial charge on any atom is 0.218 e. The van der Waals surface area contributed by atoms with Crippen molar-refractivity contribution in [1.29, 1.82) is 0 Å². The number of hydrogen-bond acceptors (Lipinski definition) is 3. The smallest absolute Gasteiger partial charge is 0.218 e. The van der Waals surface area contributed by atoms with Crippen LogP contribution in [0.3, 0.4) is 0 Å². The number of halogens is 1. The van der Waals surface area contributed by atoms with Gasteiger partial charge < -0.3 is 15.0 Å². The number of nitrogens with one attached hydrogen (secondary N) is 1. The minimum Gasteiger partial charge on any atom is -0.478 e. The van der Waals surface area contributed by atoms with E-state index in [1.165, 1.54) is 5.56 Å². The van der Waals surface area contributed by atoms with Crippen molar-refractivity contribution in [2.75, 3.05) is 20.7 Å². The van der Waals surface area contributed by atoms with Gasteiger partial charge in [-0.2, -0.15) is 0 Å². The second-order valence-corrected chi connectivity index (χ2v) is 5.27. The van der Waals surface area contributed by atoms with Gasteiger partial charge in [-0.15, -0.1) is 24.0 Å².